The Morgan fingerprint density at radius 2 is 1.87 bits per heavy atom. The lowest BCUT2D eigenvalue weighted by molar-refractivity contribution is 0.0271. The first-order valence-corrected chi connectivity index (χ1v) is 10.4. The summed E-state index contributed by atoms with van der Waals surface area (Å²) in [4.78, 5) is 21.4. The molecule has 3 aromatic rings. The number of para-hydroxylation sites is 2. The lowest BCUT2D eigenvalue weighted by atomic mass is 10.2. The molecule has 1 aliphatic rings. The van der Waals surface area contributed by atoms with Gasteiger partial charge in [-0.3, -0.25) is 4.79 Å². The number of methoxy groups -OCH3 is 1. The van der Waals surface area contributed by atoms with E-state index in [4.69, 9.17) is 9.47 Å². The highest BCUT2D eigenvalue weighted by Crippen LogP contribution is 2.26. The molecule has 2 atom stereocenters. The van der Waals surface area contributed by atoms with Gasteiger partial charge in [0.25, 0.3) is 5.91 Å². The summed E-state index contributed by atoms with van der Waals surface area (Å²) in [7, 11) is 1.60. The normalized spacial score (nSPS) is 17.8. The van der Waals surface area contributed by atoms with Crippen molar-refractivity contribution in [1.29, 1.82) is 0 Å². The average Bonchev–Trinajstić information content (AvgIpc) is 3.26. The molecule has 0 saturated heterocycles. The van der Waals surface area contributed by atoms with Gasteiger partial charge in [0.15, 0.2) is 0 Å². The van der Waals surface area contributed by atoms with Gasteiger partial charge in [-0.25, -0.2) is 9.97 Å². The zero-order valence-electron chi connectivity index (χ0n) is 17.5. The zero-order chi connectivity index (χ0) is 21.5. The van der Waals surface area contributed by atoms with Gasteiger partial charge in [0.1, 0.15) is 11.4 Å². The second-order valence-electron chi connectivity index (χ2n) is 7.44. The standard InChI is InChI=1S/C24H26N4O3/c1-30-21-12-6-5-10-18(21)27-24-25-15-14-20(28-24)23(29)26-19-11-7-13-22(19)31-16-17-8-3-2-4-9-17/h2-6,8-10,12,14-15,19,22H,7,11,13,16H2,1H3,(H,26,29)(H,25,27,28)/t19-,22-/m0/s1. The number of carbonyl (C=O) groups is 1. The Bertz CT molecular complexity index is 1010. The van der Waals surface area contributed by atoms with Crippen molar-refractivity contribution in [2.75, 3.05) is 12.4 Å². The maximum atomic E-state index is 12.8. The Balaban J connectivity index is 1.38. The van der Waals surface area contributed by atoms with Crippen LogP contribution in [-0.4, -0.2) is 35.1 Å². The van der Waals surface area contributed by atoms with Crippen molar-refractivity contribution in [2.45, 2.75) is 38.0 Å². The van der Waals surface area contributed by atoms with E-state index in [9.17, 15) is 4.79 Å². The van der Waals surface area contributed by atoms with E-state index in [1.807, 2.05) is 54.6 Å². The molecule has 0 radical (unpaired) electrons. The van der Waals surface area contributed by atoms with Gasteiger partial charge in [-0.15, -0.1) is 0 Å². The largest absolute Gasteiger partial charge is 0.495 e. The highest BCUT2D eigenvalue weighted by Gasteiger charge is 2.30. The molecular weight excluding hydrogens is 392 g/mol. The number of aromatic nitrogens is 2. The number of rotatable bonds is 8. The Hall–Kier alpha value is -3.45. The van der Waals surface area contributed by atoms with E-state index in [2.05, 4.69) is 20.6 Å². The molecule has 0 aliphatic heterocycles. The number of anilines is 2. The SMILES string of the molecule is COc1ccccc1Nc1nccc(C(=O)N[C@H]2CCC[C@@H]2OCc2ccccc2)n1. The van der Waals surface area contributed by atoms with Crippen LogP contribution in [0.5, 0.6) is 5.75 Å². The molecule has 0 bridgehead atoms. The van der Waals surface area contributed by atoms with Crippen molar-refractivity contribution in [3.8, 4) is 5.75 Å². The summed E-state index contributed by atoms with van der Waals surface area (Å²) in [6, 6.07) is 19.1. The third-order valence-electron chi connectivity index (χ3n) is 5.32. The number of hydrogen-bond acceptors (Lipinski definition) is 6. The van der Waals surface area contributed by atoms with E-state index in [-0.39, 0.29) is 18.1 Å². The number of hydrogen-bond donors (Lipinski definition) is 2. The third kappa shape index (κ3) is 5.38. The number of carbonyl (C=O) groups excluding carboxylic acids is 1. The second-order valence-corrected chi connectivity index (χ2v) is 7.44. The van der Waals surface area contributed by atoms with Gasteiger partial charge in [-0.2, -0.15) is 0 Å². The van der Waals surface area contributed by atoms with Crippen LogP contribution in [0.1, 0.15) is 35.3 Å². The van der Waals surface area contributed by atoms with Gasteiger partial charge < -0.3 is 20.1 Å². The topological polar surface area (TPSA) is 85.4 Å². The fourth-order valence-electron chi connectivity index (χ4n) is 3.72. The Morgan fingerprint density at radius 3 is 2.71 bits per heavy atom. The van der Waals surface area contributed by atoms with E-state index in [0.29, 0.717) is 24.0 Å². The molecule has 0 unspecified atom stereocenters. The molecule has 7 heteroatoms. The van der Waals surface area contributed by atoms with Crippen LogP contribution < -0.4 is 15.4 Å². The summed E-state index contributed by atoms with van der Waals surface area (Å²) < 4.78 is 11.4. The average molecular weight is 418 g/mol. The van der Waals surface area contributed by atoms with Crippen molar-refractivity contribution in [3.63, 3.8) is 0 Å². The summed E-state index contributed by atoms with van der Waals surface area (Å²) in [5.41, 5.74) is 2.16. The first-order chi connectivity index (χ1) is 15.2. The number of nitrogens with one attached hydrogen (secondary N) is 2. The molecule has 1 saturated carbocycles. The zero-order valence-corrected chi connectivity index (χ0v) is 17.5. The predicted molar refractivity (Wildman–Crippen MR) is 118 cm³/mol. The highest BCUT2D eigenvalue weighted by molar-refractivity contribution is 5.92. The minimum atomic E-state index is -0.231. The van der Waals surface area contributed by atoms with Crippen LogP contribution in [-0.2, 0) is 11.3 Å². The molecule has 160 valence electrons. The summed E-state index contributed by atoms with van der Waals surface area (Å²) in [5.74, 6) is 0.774. The molecule has 7 nitrogen and oxygen atoms in total. The Kier molecular flexibility index (Phi) is 6.74. The van der Waals surface area contributed by atoms with Gasteiger partial charge in [-0.1, -0.05) is 42.5 Å². The van der Waals surface area contributed by atoms with E-state index >= 15 is 0 Å². The maximum Gasteiger partial charge on any atom is 0.270 e. The number of ether oxygens (including phenoxy) is 2. The smallest absolute Gasteiger partial charge is 0.270 e. The van der Waals surface area contributed by atoms with E-state index in [1.54, 1.807) is 19.4 Å². The van der Waals surface area contributed by atoms with Gasteiger partial charge in [-0.05, 0) is 43.0 Å². The van der Waals surface area contributed by atoms with Crippen molar-refractivity contribution < 1.29 is 14.3 Å². The summed E-state index contributed by atoms with van der Waals surface area (Å²) in [5, 5.41) is 6.20. The molecule has 2 N–H and O–H groups in total. The van der Waals surface area contributed by atoms with Crippen LogP contribution in [0.25, 0.3) is 0 Å². The van der Waals surface area contributed by atoms with E-state index in [0.717, 1.165) is 30.5 Å². The van der Waals surface area contributed by atoms with Crippen LogP contribution >= 0.6 is 0 Å². The Labute approximate surface area is 181 Å². The van der Waals surface area contributed by atoms with Crippen LogP contribution in [0.15, 0.2) is 66.9 Å². The fraction of sp³-hybridized carbons (Fsp3) is 0.292. The van der Waals surface area contributed by atoms with Gasteiger partial charge in [0, 0.05) is 6.20 Å². The van der Waals surface area contributed by atoms with Crippen molar-refractivity contribution in [1.82, 2.24) is 15.3 Å². The second kappa shape index (κ2) is 10.0. The molecule has 31 heavy (non-hydrogen) atoms. The molecule has 1 aromatic heterocycles. The fourth-order valence-corrected chi connectivity index (χ4v) is 3.72. The van der Waals surface area contributed by atoms with Gasteiger partial charge in [0.2, 0.25) is 5.95 Å². The van der Waals surface area contributed by atoms with E-state index in [1.165, 1.54) is 0 Å². The van der Waals surface area contributed by atoms with Crippen molar-refractivity contribution in [3.05, 3.63) is 78.1 Å². The molecule has 1 heterocycles. The van der Waals surface area contributed by atoms with Crippen LogP contribution in [0, 0.1) is 0 Å². The third-order valence-corrected chi connectivity index (χ3v) is 5.32. The number of nitrogens with zero attached hydrogens (tertiary/aromatic N) is 2. The molecule has 2 aromatic carbocycles. The Morgan fingerprint density at radius 1 is 1.06 bits per heavy atom. The lowest BCUT2D eigenvalue weighted by Gasteiger charge is -2.21. The first kappa shape index (κ1) is 20.8. The van der Waals surface area contributed by atoms with Gasteiger partial charge in [0.05, 0.1) is 31.5 Å². The molecule has 1 fully saturated rings. The summed E-state index contributed by atoms with van der Waals surface area (Å²) in [6.45, 7) is 0.540. The first-order valence-electron chi connectivity index (χ1n) is 10.4. The van der Waals surface area contributed by atoms with Crippen molar-refractivity contribution >= 4 is 17.5 Å². The van der Waals surface area contributed by atoms with Crippen molar-refractivity contribution in [2.24, 2.45) is 0 Å². The molecule has 1 aliphatic carbocycles. The molecule has 4 rings (SSSR count). The van der Waals surface area contributed by atoms with Crippen LogP contribution in [0.2, 0.25) is 0 Å². The van der Waals surface area contributed by atoms with Gasteiger partial charge >= 0.3 is 0 Å². The van der Waals surface area contributed by atoms with E-state index < -0.39 is 0 Å². The number of benzene rings is 2. The molecule has 0 spiro atoms. The maximum absolute atomic E-state index is 12.8. The van der Waals surface area contributed by atoms with Crippen LogP contribution in [0.4, 0.5) is 11.6 Å². The summed E-state index contributed by atoms with van der Waals surface area (Å²) >= 11 is 0. The highest BCUT2D eigenvalue weighted by atomic mass is 16.5. The minimum absolute atomic E-state index is 0.00262. The molecule has 1 amide bonds. The number of amides is 1. The monoisotopic (exact) mass is 418 g/mol. The summed E-state index contributed by atoms with van der Waals surface area (Å²) in [6.07, 6.45) is 4.41. The molecular formula is C24H26N4O3. The quantitative estimate of drug-likeness (QED) is 0.573. The predicted octanol–water partition coefficient (Wildman–Crippen LogP) is 4.10. The van der Waals surface area contributed by atoms with Crippen LogP contribution in [0.3, 0.4) is 0 Å². The minimum Gasteiger partial charge on any atom is -0.495 e. The lowest BCUT2D eigenvalue weighted by Crippen LogP contribution is -2.41.